The second-order valence-electron chi connectivity index (χ2n) is 6.44. The van der Waals surface area contributed by atoms with Crippen molar-refractivity contribution in [3.05, 3.63) is 58.1 Å². The summed E-state index contributed by atoms with van der Waals surface area (Å²) < 4.78 is 29.6. The average Bonchev–Trinajstić information content (AvgIpc) is 3.57. The Balaban J connectivity index is 1.91. The lowest BCUT2D eigenvalue weighted by Gasteiger charge is -2.19. The first-order chi connectivity index (χ1) is 13.7. The summed E-state index contributed by atoms with van der Waals surface area (Å²) in [6.07, 6.45) is 0.0530. The highest BCUT2D eigenvalue weighted by Crippen LogP contribution is 2.51. The molecule has 0 aliphatic carbocycles. The number of rotatable bonds is 7. The maximum atomic E-state index is 6.19. The van der Waals surface area contributed by atoms with Crippen LogP contribution in [-0.2, 0) is 11.3 Å². The monoisotopic (exact) mass is 444 g/mol. The van der Waals surface area contributed by atoms with Crippen LogP contribution in [-0.4, -0.2) is 27.9 Å². The highest BCUT2D eigenvalue weighted by atomic mass is 79.9. The molecule has 0 spiro atoms. The van der Waals surface area contributed by atoms with Gasteiger partial charge in [-0.3, -0.25) is 0 Å². The van der Waals surface area contributed by atoms with Crippen molar-refractivity contribution in [1.82, 2.24) is 0 Å². The highest BCUT2D eigenvalue weighted by molar-refractivity contribution is 9.10. The minimum absolute atomic E-state index is 0.0530. The third kappa shape index (κ3) is 3.38. The summed E-state index contributed by atoms with van der Waals surface area (Å²) in [5, 5.41) is 1.68. The lowest BCUT2D eigenvalue weighted by atomic mass is 10.0. The molecule has 28 heavy (non-hydrogen) atoms. The third-order valence-corrected chi connectivity index (χ3v) is 5.59. The van der Waals surface area contributed by atoms with E-state index in [-0.39, 0.29) is 6.10 Å². The van der Waals surface area contributed by atoms with Crippen molar-refractivity contribution in [2.45, 2.75) is 12.7 Å². The molecule has 0 bridgehead atoms. The number of methoxy groups -OCH3 is 3. The predicted molar refractivity (Wildman–Crippen MR) is 111 cm³/mol. The van der Waals surface area contributed by atoms with Crippen LogP contribution in [0.5, 0.6) is 23.0 Å². The number of ether oxygens (including phenoxy) is 5. The zero-order chi connectivity index (χ0) is 19.7. The van der Waals surface area contributed by atoms with E-state index in [1.54, 1.807) is 21.3 Å². The van der Waals surface area contributed by atoms with Crippen LogP contribution in [0.15, 0.2) is 46.9 Å². The van der Waals surface area contributed by atoms with Gasteiger partial charge in [-0.05, 0) is 27.6 Å². The van der Waals surface area contributed by atoms with Crippen molar-refractivity contribution >= 4 is 26.7 Å². The van der Waals surface area contributed by atoms with Crippen LogP contribution >= 0.6 is 15.9 Å². The second-order valence-corrected chi connectivity index (χ2v) is 7.24. The molecule has 146 valence electrons. The largest absolute Gasteiger partial charge is 0.495 e. The second kappa shape index (κ2) is 7.89. The van der Waals surface area contributed by atoms with Gasteiger partial charge in [-0.15, -0.1) is 0 Å². The summed E-state index contributed by atoms with van der Waals surface area (Å²) in [6, 6.07) is 13.9. The van der Waals surface area contributed by atoms with Crippen molar-refractivity contribution in [3.8, 4) is 23.0 Å². The Morgan fingerprint density at radius 2 is 1.68 bits per heavy atom. The molecular formula is C22H21BrO5. The molecule has 0 amide bonds. The van der Waals surface area contributed by atoms with Crippen LogP contribution in [0.3, 0.4) is 0 Å². The molecule has 1 heterocycles. The molecule has 1 fully saturated rings. The topological polar surface area (TPSA) is 49.5 Å². The molecule has 1 aliphatic heterocycles. The molecule has 1 unspecified atom stereocenters. The van der Waals surface area contributed by atoms with Gasteiger partial charge in [0.25, 0.3) is 0 Å². The molecular weight excluding hydrogens is 424 g/mol. The molecule has 1 atom stereocenters. The quantitative estimate of drug-likeness (QED) is 0.464. The molecule has 5 nitrogen and oxygen atoms in total. The molecule has 0 radical (unpaired) electrons. The Morgan fingerprint density at radius 1 is 0.964 bits per heavy atom. The number of hydrogen-bond donors (Lipinski definition) is 0. The van der Waals surface area contributed by atoms with Gasteiger partial charge in [0.1, 0.15) is 24.2 Å². The Morgan fingerprint density at radius 3 is 2.29 bits per heavy atom. The first kappa shape index (κ1) is 18.9. The average molecular weight is 445 g/mol. The van der Waals surface area contributed by atoms with Gasteiger partial charge in [-0.2, -0.15) is 0 Å². The van der Waals surface area contributed by atoms with Crippen molar-refractivity contribution < 1.29 is 23.7 Å². The number of halogens is 1. The Labute approximate surface area is 172 Å². The maximum absolute atomic E-state index is 6.19. The van der Waals surface area contributed by atoms with Crippen LogP contribution < -0.4 is 18.9 Å². The zero-order valence-electron chi connectivity index (χ0n) is 16.0. The Kier molecular flexibility index (Phi) is 5.33. The van der Waals surface area contributed by atoms with E-state index in [4.69, 9.17) is 23.7 Å². The number of hydrogen-bond acceptors (Lipinski definition) is 5. The molecule has 0 saturated carbocycles. The highest BCUT2D eigenvalue weighted by Gasteiger charge is 2.31. The third-order valence-electron chi connectivity index (χ3n) is 4.77. The van der Waals surface area contributed by atoms with E-state index in [1.807, 2.05) is 36.4 Å². The molecule has 1 saturated heterocycles. The van der Waals surface area contributed by atoms with Crippen molar-refractivity contribution in [2.75, 3.05) is 27.9 Å². The Hall–Kier alpha value is -2.44. The van der Waals surface area contributed by atoms with E-state index in [0.717, 1.165) is 26.4 Å². The van der Waals surface area contributed by atoms with E-state index in [1.165, 1.54) is 0 Å². The number of benzene rings is 3. The van der Waals surface area contributed by atoms with Gasteiger partial charge in [0.15, 0.2) is 11.5 Å². The standard InChI is InChI=1S/C22H21BrO5/c1-24-17-10-16(27-11-13-7-5-4-6-8-13)19-15(21(17)25-2)9-14(18-12-28-18)20(23)22(19)26-3/h4-10,18H,11-12H2,1-3H3. The molecule has 1 aliphatic rings. The zero-order valence-corrected chi connectivity index (χ0v) is 17.5. The van der Waals surface area contributed by atoms with Crippen molar-refractivity contribution in [1.29, 1.82) is 0 Å². The van der Waals surface area contributed by atoms with E-state index >= 15 is 0 Å². The molecule has 0 N–H and O–H groups in total. The fraction of sp³-hybridized carbons (Fsp3) is 0.273. The van der Waals surface area contributed by atoms with Crippen LogP contribution in [0, 0.1) is 0 Å². The van der Waals surface area contributed by atoms with Gasteiger partial charge in [0, 0.05) is 17.0 Å². The summed E-state index contributed by atoms with van der Waals surface area (Å²) in [6.45, 7) is 1.12. The molecule has 3 aromatic rings. The maximum Gasteiger partial charge on any atom is 0.168 e. The Bertz CT molecular complexity index is 999. The van der Waals surface area contributed by atoms with Gasteiger partial charge in [0.05, 0.1) is 37.8 Å². The van der Waals surface area contributed by atoms with Crippen LogP contribution in [0.25, 0.3) is 10.8 Å². The minimum atomic E-state index is 0.0530. The molecule has 3 aromatic carbocycles. The van der Waals surface area contributed by atoms with E-state index in [2.05, 4.69) is 22.0 Å². The summed E-state index contributed by atoms with van der Waals surface area (Å²) in [5.74, 6) is 2.59. The van der Waals surface area contributed by atoms with Gasteiger partial charge in [0.2, 0.25) is 0 Å². The smallest absolute Gasteiger partial charge is 0.168 e. The molecule has 0 aromatic heterocycles. The lowest BCUT2D eigenvalue weighted by molar-refractivity contribution is 0.303. The van der Waals surface area contributed by atoms with Gasteiger partial charge >= 0.3 is 0 Å². The van der Waals surface area contributed by atoms with Gasteiger partial charge < -0.3 is 23.7 Å². The first-order valence-corrected chi connectivity index (χ1v) is 9.70. The van der Waals surface area contributed by atoms with Gasteiger partial charge in [-0.1, -0.05) is 30.3 Å². The van der Waals surface area contributed by atoms with Crippen molar-refractivity contribution in [2.24, 2.45) is 0 Å². The fourth-order valence-electron chi connectivity index (χ4n) is 3.33. The molecule has 6 heteroatoms. The van der Waals surface area contributed by atoms with Crippen LogP contribution in [0.2, 0.25) is 0 Å². The normalized spacial score (nSPS) is 15.4. The summed E-state index contributed by atoms with van der Waals surface area (Å²) >= 11 is 3.68. The van der Waals surface area contributed by atoms with Crippen LogP contribution in [0.1, 0.15) is 17.2 Å². The minimum Gasteiger partial charge on any atom is -0.495 e. The lowest BCUT2D eigenvalue weighted by Crippen LogP contribution is -2.01. The molecule has 4 rings (SSSR count). The van der Waals surface area contributed by atoms with E-state index in [0.29, 0.717) is 36.2 Å². The van der Waals surface area contributed by atoms with E-state index < -0.39 is 0 Å². The number of fused-ring (bicyclic) bond motifs is 1. The first-order valence-electron chi connectivity index (χ1n) is 8.91. The SMILES string of the molecule is COc1cc(OCc2ccccc2)c2c(OC)c(Br)c(C3CO3)cc2c1OC. The van der Waals surface area contributed by atoms with Crippen LogP contribution in [0.4, 0.5) is 0 Å². The summed E-state index contributed by atoms with van der Waals surface area (Å²) in [5.41, 5.74) is 2.09. The summed E-state index contributed by atoms with van der Waals surface area (Å²) in [4.78, 5) is 0. The van der Waals surface area contributed by atoms with Crippen molar-refractivity contribution in [3.63, 3.8) is 0 Å². The fourth-order valence-corrected chi connectivity index (χ4v) is 4.06. The number of epoxide rings is 1. The van der Waals surface area contributed by atoms with Gasteiger partial charge in [-0.25, -0.2) is 0 Å². The van der Waals surface area contributed by atoms with E-state index in [9.17, 15) is 0 Å². The summed E-state index contributed by atoms with van der Waals surface area (Å²) in [7, 11) is 4.89. The predicted octanol–water partition coefficient (Wildman–Crippen LogP) is 5.28.